The lowest BCUT2D eigenvalue weighted by Crippen LogP contribution is -2.10. The number of hydrogen-bond acceptors (Lipinski definition) is 0. The summed E-state index contributed by atoms with van der Waals surface area (Å²) in [5.74, 6) is 0. The molecular weight excluding hydrogens is 1440 g/mol. The van der Waals surface area contributed by atoms with Gasteiger partial charge in [0.25, 0.3) is 0 Å². The average molecular weight is 1550 g/mol. The molecule has 0 aromatic heterocycles. The molecule has 0 amide bonds. The Hall–Kier alpha value is -13.0. The Balaban J connectivity index is 0.000000112. The summed E-state index contributed by atoms with van der Waals surface area (Å²) in [5, 5.41) is 26.4. The third-order valence-electron chi connectivity index (χ3n) is 24.4. The highest BCUT2D eigenvalue weighted by atomic mass is 14.3. The summed E-state index contributed by atoms with van der Waals surface area (Å²) < 4.78 is 0. The quantitative estimate of drug-likeness (QED) is 0.151. The highest BCUT2D eigenvalue weighted by Crippen LogP contribution is 2.46. The maximum absolute atomic E-state index is 2.33. The fourth-order valence-electron chi connectivity index (χ4n) is 18.6. The molecule has 0 fully saturated rings. The van der Waals surface area contributed by atoms with Crippen molar-refractivity contribution in [3.63, 3.8) is 0 Å². The molecule has 0 N–H and O–H groups in total. The first-order valence-electron chi connectivity index (χ1n) is 42.7. The molecule has 0 unspecified atom stereocenters. The van der Waals surface area contributed by atoms with Gasteiger partial charge in [0.1, 0.15) is 0 Å². The highest BCUT2D eigenvalue weighted by Gasteiger charge is 2.21. The van der Waals surface area contributed by atoms with Crippen molar-refractivity contribution >= 4 is 108 Å². The predicted molar refractivity (Wildman–Crippen MR) is 529 cm³/mol. The van der Waals surface area contributed by atoms with E-state index in [1.54, 1.807) is 0 Å². The van der Waals surface area contributed by atoms with Crippen LogP contribution in [-0.2, 0) is 10.8 Å². The lowest BCUT2D eigenvalue weighted by Gasteiger charge is -2.20. The van der Waals surface area contributed by atoms with Crippen LogP contribution in [-0.4, -0.2) is 0 Å². The Kier molecular flexibility index (Phi) is 22.5. The standard InChI is InChI=1S/2C25H24.2C24H22.C22H18/c1-17-9-14-23-20(15-17)16-19-7-5-6-8-22(19)24(23)18-10-12-21(13-11-18)25(2,3)4;1-17-9-10-20-16-19-7-5-6-8-22(19)24(23(20)15-17)18-11-13-21(14-12-18)25(2,3)4;1-15-9-10-22-20(13-15)14-19-7-5-6-8-21(19)24(22)23-17(3)11-16(2)12-18(23)4;1-15-9-10-20-14-19-7-5-6-8-21(19)24(22(20)13-15)23-17(3)11-16(2)12-18(23)4;1-15-11-12-18-14-17-8-4-6-10-20(17)22(21(18)13-15)19-9-5-3-7-16(19)2/h2*5-16H,1-4H3;2*5-14H,1-4H3;3-14H,1-2H3. The van der Waals surface area contributed by atoms with E-state index in [0.29, 0.717) is 0 Å². The maximum atomic E-state index is 2.33. The molecule has 0 nitrogen and oxygen atoms in total. The van der Waals surface area contributed by atoms with Gasteiger partial charge in [0.15, 0.2) is 0 Å². The SMILES string of the molecule is Cc1cc(C)c(-c2c3ccccc3cc3cc(C)ccc23)c(C)c1.Cc1cc(C)c(-c2c3ccccc3cc3ccc(C)cc23)c(C)c1.Cc1ccc2c(-c3ccc(C(C)(C)C)cc3)c3ccccc3cc2c1.Cc1ccc2cc3ccccc3c(-c3ccc(C(C)(C)C)cc3)c2c1.Cc1ccc2cc3ccccc3c(-c3ccccc3C)c2c1. The molecule has 0 aliphatic heterocycles. The van der Waals surface area contributed by atoms with E-state index in [9.17, 15) is 0 Å². The van der Waals surface area contributed by atoms with Crippen molar-refractivity contribution in [2.24, 2.45) is 0 Å². The molecule has 20 aromatic carbocycles. The van der Waals surface area contributed by atoms with Crippen LogP contribution in [0.3, 0.4) is 0 Å². The van der Waals surface area contributed by atoms with Crippen molar-refractivity contribution in [2.75, 3.05) is 0 Å². The minimum Gasteiger partial charge on any atom is -0.0620 e. The molecule has 0 heterocycles. The van der Waals surface area contributed by atoms with E-state index in [0.717, 1.165) is 0 Å². The number of rotatable bonds is 5. The van der Waals surface area contributed by atoms with Crippen molar-refractivity contribution in [1.82, 2.24) is 0 Å². The molecule has 0 spiro atoms. The maximum Gasteiger partial charge on any atom is -0.00214 e. The van der Waals surface area contributed by atoms with Gasteiger partial charge >= 0.3 is 0 Å². The molecule has 0 saturated carbocycles. The van der Waals surface area contributed by atoms with Gasteiger partial charge in [-0.3, -0.25) is 0 Å². The summed E-state index contributed by atoms with van der Waals surface area (Å²) in [6, 6.07) is 125. The molecule has 0 aliphatic carbocycles. The van der Waals surface area contributed by atoms with Crippen molar-refractivity contribution in [3.05, 3.63) is 418 Å². The van der Waals surface area contributed by atoms with Gasteiger partial charge in [-0.05, 0) is 327 Å². The van der Waals surface area contributed by atoms with Crippen LogP contribution in [0.5, 0.6) is 0 Å². The lowest BCUT2D eigenvalue weighted by molar-refractivity contribution is 0.590. The normalized spacial score (nSPS) is 11.6. The van der Waals surface area contributed by atoms with Crippen LogP contribution in [0.25, 0.3) is 163 Å². The second-order valence-electron chi connectivity index (χ2n) is 36.0. The molecule has 20 aromatic rings. The van der Waals surface area contributed by atoms with Crippen molar-refractivity contribution < 1.29 is 0 Å². The first-order valence-corrected chi connectivity index (χ1v) is 42.7. The van der Waals surface area contributed by atoms with Crippen LogP contribution in [0.15, 0.2) is 340 Å². The monoisotopic (exact) mass is 1550 g/mol. The van der Waals surface area contributed by atoms with Crippen molar-refractivity contribution in [1.29, 1.82) is 0 Å². The van der Waals surface area contributed by atoms with Gasteiger partial charge < -0.3 is 0 Å². The summed E-state index contributed by atoms with van der Waals surface area (Å²) in [5.41, 5.74) is 32.5. The summed E-state index contributed by atoms with van der Waals surface area (Å²) in [6.45, 7) is 39.9. The fraction of sp³-hybridized carbons (Fsp3) is 0.167. The fourth-order valence-corrected chi connectivity index (χ4v) is 18.6. The first kappa shape index (κ1) is 80.8. The molecule has 0 heteroatoms. The average Bonchev–Trinajstić information content (AvgIpc) is 0.770. The second-order valence-corrected chi connectivity index (χ2v) is 36.0. The molecule has 0 saturated heterocycles. The third kappa shape index (κ3) is 16.5. The zero-order valence-corrected chi connectivity index (χ0v) is 73.3. The highest BCUT2D eigenvalue weighted by molar-refractivity contribution is 6.18. The van der Waals surface area contributed by atoms with E-state index in [2.05, 4.69) is 464 Å². The largest absolute Gasteiger partial charge is 0.0620 e. The van der Waals surface area contributed by atoms with E-state index in [-0.39, 0.29) is 10.8 Å². The van der Waals surface area contributed by atoms with E-state index in [1.165, 1.54) is 241 Å². The Bertz CT molecular complexity index is 7280. The van der Waals surface area contributed by atoms with E-state index in [1.807, 2.05) is 0 Å². The van der Waals surface area contributed by atoms with Gasteiger partial charge in [-0.25, -0.2) is 0 Å². The molecule has 0 bridgehead atoms. The summed E-state index contributed by atoms with van der Waals surface area (Å²) in [6.07, 6.45) is 0. The molecule has 20 rings (SSSR count). The van der Waals surface area contributed by atoms with Gasteiger partial charge in [0, 0.05) is 0 Å². The van der Waals surface area contributed by atoms with E-state index >= 15 is 0 Å². The van der Waals surface area contributed by atoms with Gasteiger partial charge in [0.05, 0.1) is 0 Å². The van der Waals surface area contributed by atoms with Gasteiger partial charge in [-0.2, -0.15) is 0 Å². The van der Waals surface area contributed by atoms with Crippen LogP contribution in [0.2, 0.25) is 0 Å². The van der Waals surface area contributed by atoms with Gasteiger partial charge in [0.2, 0.25) is 0 Å². The molecule has 120 heavy (non-hydrogen) atoms. The third-order valence-corrected chi connectivity index (χ3v) is 24.4. The summed E-state index contributed by atoms with van der Waals surface area (Å²) in [4.78, 5) is 0. The minimum absolute atomic E-state index is 0.177. The van der Waals surface area contributed by atoms with Crippen LogP contribution in [0, 0.1) is 83.1 Å². The Morgan fingerprint density at radius 3 is 0.758 bits per heavy atom. The zero-order chi connectivity index (χ0) is 84.0. The van der Waals surface area contributed by atoms with Crippen LogP contribution in [0.4, 0.5) is 0 Å². The minimum atomic E-state index is 0.177. The number of hydrogen-bond donors (Lipinski definition) is 0. The Labute approximate surface area is 711 Å². The first-order chi connectivity index (χ1) is 57.7. The van der Waals surface area contributed by atoms with E-state index < -0.39 is 0 Å². The van der Waals surface area contributed by atoms with Crippen LogP contribution in [0.1, 0.15) is 119 Å². The molecule has 590 valence electrons. The molecule has 0 atom stereocenters. The van der Waals surface area contributed by atoms with Crippen LogP contribution >= 0.6 is 0 Å². The second kappa shape index (κ2) is 33.4. The van der Waals surface area contributed by atoms with E-state index in [4.69, 9.17) is 0 Å². The number of aryl methyl sites for hydroxylation is 12. The number of benzene rings is 20. The molecule has 0 aliphatic rings. The van der Waals surface area contributed by atoms with Crippen molar-refractivity contribution in [2.45, 2.75) is 135 Å². The summed E-state index contributed by atoms with van der Waals surface area (Å²) in [7, 11) is 0. The number of fused-ring (bicyclic) bond motifs is 10. The molecule has 0 radical (unpaired) electrons. The Morgan fingerprint density at radius 1 is 0.150 bits per heavy atom. The van der Waals surface area contributed by atoms with Crippen LogP contribution < -0.4 is 0 Å². The zero-order valence-electron chi connectivity index (χ0n) is 73.3. The van der Waals surface area contributed by atoms with Gasteiger partial charge in [-0.15, -0.1) is 0 Å². The van der Waals surface area contributed by atoms with Crippen molar-refractivity contribution in [3.8, 4) is 55.6 Å². The smallest absolute Gasteiger partial charge is 0.00214 e. The Morgan fingerprint density at radius 2 is 0.400 bits per heavy atom. The lowest BCUT2D eigenvalue weighted by atomic mass is 9.85. The predicted octanol–water partition coefficient (Wildman–Crippen LogP) is 34.6. The topological polar surface area (TPSA) is 0 Å². The summed E-state index contributed by atoms with van der Waals surface area (Å²) >= 11 is 0. The van der Waals surface area contributed by atoms with Gasteiger partial charge in [-0.1, -0.05) is 390 Å². The molecular formula is C120H110.